The smallest absolute Gasteiger partial charge is 0.353 e. The molecule has 0 aliphatic heterocycles. The van der Waals surface area contributed by atoms with Gasteiger partial charge in [0, 0.05) is 18.8 Å². The lowest BCUT2D eigenvalue weighted by Gasteiger charge is -2.07. The number of methoxy groups -OCH3 is 1. The van der Waals surface area contributed by atoms with E-state index in [0.717, 1.165) is 10.5 Å². The van der Waals surface area contributed by atoms with Gasteiger partial charge in [0.1, 0.15) is 11.4 Å². The van der Waals surface area contributed by atoms with Gasteiger partial charge in [0.05, 0.1) is 12.7 Å². The molecule has 0 aliphatic rings. The largest absolute Gasteiger partial charge is 0.477 e. The number of imidazole rings is 1. The number of carbonyl (C=O) groups is 3. The topological polar surface area (TPSA) is 143 Å². The van der Waals surface area contributed by atoms with Crippen LogP contribution in [-0.2, 0) is 11.3 Å². The fraction of sp³-hybridized carbons (Fsp3) is 0.118. The number of aromatic carboxylic acids is 1. The van der Waals surface area contributed by atoms with Crippen LogP contribution in [0.3, 0.4) is 0 Å². The summed E-state index contributed by atoms with van der Waals surface area (Å²) >= 11 is 0. The SMILES string of the molecule is COC(=O)c1ccc(CNC(=O)c2cc(C(=O)O)n3c(=O)[nH]cc3n2)cc1. The number of fused-ring (bicyclic) bond motifs is 1. The fourth-order valence-electron chi connectivity index (χ4n) is 2.45. The van der Waals surface area contributed by atoms with E-state index < -0.39 is 23.5 Å². The quantitative estimate of drug-likeness (QED) is 0.553. The average Bonchev–Trinajstić information content (AvgIpc) is 3.06. The molecule has 3 N–H and O–H groups in total. The van der Waals surface area contributed by atoms with Gasteiger partial charge in [0.15, 0.2) is 5.65 Å². The van der Waals surface area contributed by atoms with Crippen molar-refractivity contribution in [1.29, 1.82) is 0 Å². The minimum absolute atomic E-state index is 0.0208. The van der Waals surface area contributed by atoms with E-state index in [-0.39, 0.29) is 23.6 Å². The Morgan fingerprint density at radius 2 is 1.96 bits per heavy atom. The number of H-pyrrole nitrogens is 1. The highest BCUT2D eigenvalue weighted by Crippen LogP contribution is 2.08. The predicted octanol–water partition coefficient (Wildman–Crippen LogP) is 0.437. The van der Waals surface area contributed by atoms with Gasteiger partial charge in [0.2, 0.25) is 0 Å². The van der Waals surface area contributed by atoms with Crippen LogP contribution in [0.5, 0.6) is 0 Å². The van der Waals surface area contributed by atoms with Crippen LogP contribution < -0.4 is 11.0 Å². The molecule has 1 amide bonds. The Balaban J connectivity index is 1.79. The summed E-state index contributed by atoms with van der Waals surface area (Å²) in [6.45, 7) is 0.134. The minimum atomic E-state index is -1.36. The van der Waals surface area contributed by atoms with Crippen molar-refractivity contribution in [1.82, 2.24) is 19.7 Å². The van der Waals surface area contributed by atoms with Gasteiger partial charge in [-0.05, 0) is 17.7 Å². The molecule has 0 saturated heterocycles. The maximum atomic E-state index is 12.3. The molecule has 0 bridgehead atoms. The average molecular weight is 370 g/mol. The zero-order valence-electron chi connectivity index (χ0n) is 14.1. The molecule has 27 heavy (non-hydrogen) atoms. The number of rotatable bonds is 5. The van der Waals surface area contributed by atoms with Gasteiger partial charge in [-0.2, -0.15) is 0 Å². The first kappa shape index (κ1) is 17.9. The number of aromatic amines is 1. The lowest BCUT2D eigenvalue weighted by molar-refractivity contribution is 0.0599. The molecule has 10 nitrogen and oxygen atoms in total. The number of ether oxygens (including phenoxy) is 1. The third kappa shape index (κ3) is 3.54. The van der Waals surface area contributed by atoms with Crippen molar-refractivity contribution in [3.63, 3.8) is 0 Å². The number of amides is 1. The number of nitrogens with zero attached hydrogens (tertiary/aromatic N) is 2. The van der Waals surface area contributed by atoms with E-state index in [4.69, 9.17) is 0 Å². The van der Waals surface area contributed by atoms with Gasteiger partial charge < -0.3 is 20.1 Å². The number of benzene rings is 1. The van der Waals surface area contributed by atoms with E-state index in [1.807, 2.05) is 0 Å². The first-order valence-electron chi connectivity index (χ1n) is 7.70. The Labute approximate surface area is 151 Å². The van der Waals surface area contributed by atoms with Gasteiger partial charge in [0.25, 0.3) is 5.91 Å². The van der Waals surface area contributed by atoms with Crippen molar-refractivity contribution in [2.45, 2.75) is 6.54 Å². The van der Waals surface area contributed by atoms with Crippen LogP contribution >= 0.6 is 0 Å². The highest BCUT2D eigenvalue weighted by atomic mass is 16.5. The van der Waals surface area contributed by atoms with Crippen molar-refractivity contribution in [2.24, 2.45) is 0 Å². The summed E-state index contributed by atoms with van der Waals surface area (Å²) in [5.41, 5.74) is -0.0615. The van der Waals surface area contributed by atoms with E-state index >= 15 is 0 Å². The Bertz CT molecular complexity index is 1100. The van der Waals surface area contributed by atoms with Crippen LogP contribution in [0.25, 0.3) is 5.65 Å². The van der Waals surface area contributed by atoms with Crippen molar-refractivity contribution < 1.29 is 24.2 Å². The number of nitrogens with one attached hydrogen (secondary N) is 2. The maximum Gasteiger partial charge on any atom is 0.353 e. The maximum absolute atomic E-state index is 12.3. The fourth-order valence-corrected chi connectivity index (χ4v) is 2.45. The van der Waals surface area contributed by atoms with Crippen LogP contribution in [0.4, 0.5) is 0 Å². The number of carboxylic acids is 1. The van der Waals surface area contributed by atoms with E-state index in [2.05, 4.69) is 20.0 Å². The highest BCUT2D eigenvalue weighted by molar-refractivity contribution is 5.96. The first-order chi connectivity index (χ1) is 12.9. The van der Waals surface area contributed by atoms with Crippen LogP contribution in [-0.4, -0.2) is 44.4 Å². The summed E-state index contributed by atoms with van der Waals surface area (Å²) in [5.74, 6) is -2.44. The van der Waals surface area contributed by atoms with Crippen molar-refractivity contribution in [2.75, 3.05) is 7.11 Å². The summed E-state index contributed by atoms with van der Waals surface area (Å²) in [6.07, 6.45) is 1.22. The van der Waals surface area contributed by atoms with Crippen LogP contribution in [0, 0.1) is 0 Å². The van der Waals surface area contributed by atoms with Gasteiger partial charge >= 0.3 is 17.6 Å². The van der Waals surface area contributed by atoms with E-state index in [1.54, 1.807) is 24.3 Å². The molecule has 0 aliphatic carbocycles. The summed E-state index contributed by atoms with van der Waals surface area (Å²) in [5, 5.41) is 11.9. The molecule has 0 atom stereocenters. The molecule has 0 fully saturated rings. The van der Waals surface area contributed by atoms with Crippen molar-refractivity contribution >= 4 is 23.5 Å². The summed E-state index contributed by atoms with van der Waals surface area (Å²) in [4.78, 5) is 53.1. The number of carbonyl (C=O) groups excluding carboxylic acids is 2. The number of hydrogen-bond acceptors (Lipinski definition) is 6. The molecule has 3 rings (SSSR count). The van der Waals surface area contributed by atoms with Gasteiger partial charge in [-0.1, -0.05) is 12.1 Å². The predicted molar refractivity (Wildman–Crippen MR) is 91.7 cm³/mol. The lowest BCUT2D eigenvalue weighted by Crippen LogP contribution is -2.26. The Morgan fingerprint density at radius 1 is 1.26 bits per heavy atom. The molecule has 1 aromatic carbocycles. The zero-order chi connectivity index (χ0) is 19.6. The van der Waals surface area contributed by atoms with Crippen molar-refractivity contribution in [3.05, 3.63) is 69.5 Å². The normalized spacial score (nSPS) is 10.6. The number of esters is 1. The molecule has 3 aromatic rings. The van der Waals surface area contributed by atoms with Crippen LogP contribution in [0.1, 0.15) is 36.9 Å². The van der Waals surface area contributed by atoms with E-state index in [9.17, 15) is 24.3 Å². The minimum Gasteiger partial charge on any atom is -0.477 e. The molecular weight excluding hydrogens is 356 g/mol. The molecule has 2 aromatic heterocycles. The Morgan fingerprint density at radius 3 is 2.59 bits per heavy atom. The third-order valence-electron chi connectivity index (χ3n) is 3.79. The number of hydrogen-bond donors (Lipinski definition) is 3. The summed E-state index contributed by atoms with van der Waals surface area (Å²) in [7, 11) is 1.28. The monoisotopic (exact) mass is 370 g/mol. The van der Waals surface area contributed by atoms with Crippen LogP contribution in [0.15, 0.2) is 41.3 Å². The lowest BCUT2D eigenvalue weighted by atomic mass is 10.1. The molecular formula is C17H14N4O6. The number of aromatic nitrogens is 3. The Kier molecular flexibility index (Phi) is 4.71. The van der Waals surface area contributed by atoms with Gasteiger partial charge in [-0.15, -0.1) is 0 Å². The molecule has 10 heteroatoms. The summed E-state index contributed by atoms with van der Waals surface area (Å²) in [6, 6.07) is 7.45. The molecule has 0 saturated carbocycles. The second-order valence-electron chi connectivity index (χ2n) is 5.49. The van der Waals surface area contributed by atoms with E-state index in [1.165, 1.54) is 13.3 Å². The highest BCUT2D eigenvalue weighted by Gasteiger charge is 2.18. The van der Waals surface area contributed by atoms with E-state index in [0.29, 0.717) is 11.1 Å². The first-order valence-corrected chi connectivity index (χ1v) is 7.70. The van der Waals surface area contributed by atoms with Crippen molar-refractivity contribution in [3.8, 4) is 0 Å². The van der Waals surface area contributed by atoms with Gasteiger partial charge in [-0.25, -0.2) is 23.8 Å². The molecule has 0 radical (unpaired) electrons. The second kappa shape index (κ2) is 7.12. The molecule has 2 heterocycles. The summed E-state index contributed by atoms with van der Waals surface area (Å²) < 4.78 is 5.47. The molecule has 138 valence electrons. The molecule has 0 spiro atoms. The van der Waals surface area contributed by atoms with Gasteiger partial charge in [-0.3, -0.25) is 4.79 Å². The Hall–Kier alpha value is -3.95. The number of carboxylic acid groups (broad SMARTS) is 1. The third-order valence-corrected chi connectivity index (χ3v) is 3.79. The zero-order valence-corrected chi connectivity index (χ0v) is 14.1. The molecule has 0 unspecified atom stereocenters. The van der Waals surface area contributed by atoms with Crippen LogP contribution in [0.2, 0.25) is 0 Å². The second-order valence-corrected chi connectivity index (χ2v) is 5.49. The standard InChI is InChI=1S/C17H14N4O6/c1-27-16(25)10-4-2-9(3-5-10)7-18-14(22)11-6-12(15(23)24)21-13(20-11)8-19-17(21)26/h2-6,8H,7H2,1H3,(H,18,22)(H,19,26)(H,23,24).